The van der Waals surface area contributed by atoms with Crippen molar-refractivity contribution >= 4 is 19.6 Å². The van der Waals surface area contributed by atoms with Crippen LogP contribution in [0.1, 0.15) is 12.6 Å². The van der Waals surface area contributed by atoms with Crippen LogP contribution in [0.5, 0.6) is 0 Å². The summed E-state index contributed by atoms with van der Waals surface area (Å²) < 4.78 is 33.5. The molecule has 224 valence electrons. The van der Waals surface area contributed by atoms with Gasteiger partial charge in [-0.1, -0.05) is 5.11 Å². The molecule has 0 aliphatic carbocycles. The van der Waals surface area contributed by atoms with Gasteiger partial charge in [-0.05, 0) is 11.6 Å². The van der Waals surface area contributed by atoms with Gasteiger partial charge in [-0.15, -0.1) is 0 Å². The minimum atomic E-state index is -5.52. The lowest BCUT2D eigenvalue weighted by molar-refractivity contribution is -0.293. The molecule has 0 aromatic carbocycles. The van der Waals surface area contributed by atoms with E-state index in [2.05, 4.69) is 15.0 Å². The smallest absolute Gasteiger partial charge is 0.475 e. The minimum Gasteiger partial charge on any atom is -0.477 e. The third-order valence-corrected chi connectivity index (χ3v) is 7.09. The molecule has 40 heavy (non-hydrogen) atoms. The van der Waals surface area contributed by atoms with Gasteiger partial charge in [0.15, 0.2) is 6.23 Å². The summed E-state index contributed by atoms with van der Waals surface area (Å²) in [5.74, 6) is -5.48. The molecule has 0 bridgehead atoms. The molecule has 2 saturated heterocycles. The predicted octanol–water partition coefficient (Wildman–Crippen LogP) is -4.10. The van der Waals surface area contributed by atoms with Crippen LogP contribution in [0.4, 0.5) is 5.82 Å². The molecule has 2 aliphatic rings. The number of phosphoric ester groups is 1. The Morgan fingerprint density at radius 2 is 2.02 bits per heavy atom. The largest absolute Gasteiger partial charge is 0.477 e. The summed E-state index contributed by atoms with van der Waals surface area (Å²) in [5, 5.41) is 73.1. The lowest BCUT2D eigenvalue weighted by atomic mass is 9.90. The number of nitrogens with two attached hydrogens (primary N) is 1. The Bertz CT molecular complexity index is 1230. The van der Waals surface area contributed by atoms with E-state index in [9.17, 15) is 54.8 Å². The van der Waals surface area contributed by atoms with E-state index >= 15 is 0 Å². The van der Waals surface area contributed by atoms with Crippen LogP contribution in [0, 0.1) is 0 Å². The number of carboxylic acids is 1. The number of aromatic nitrogens is 2. The van der Waals surface area contributed by atoms with Gasteiger partial charge in [0, 0.05) is 17.5 Å². The highest BCUT2D eigenvalue weighted by atomic mass is 31.2. The number of azide groups is 1. The number of phosphoric acid groups is 1. The second-order valence-corrected chi connectivity index (χ2v) is 10.2. The highest BCUT2D eigenvalue weighted by Crippen LogP contribution is 2.51. The van der Waals surface area contributed by atoms with Gasteiger partial charge >= 0.3 is 19.5 Å². The standard InChI is InChI=1S/C18H27N6O15P/c19-9-1-2-24(17(33)21-9)15-13(30)12(29)8(37-15)5-36-40(34,35)39-18(16(31)32)3-6(26)11(28)14(38-18)10(22-23-20)7(27)4-25/h1-2,6-8,10-15,25-30H,3-5H2,(H,31,32)(H,34,35)(H2,19,21,33)/t6?,7-,8-,10?,11-,12+,13+,14?,15-,18-/m1/s1. The lowest BCUT2D eigenvalue weighted by Crippen LogP contribution is -2.63. The Kier molecular flexibility index (Phi) is 9.86. The van der Waals surface area contributed by atoms with Crippen molar-refractivity contribution in [2.45, 2.75) is 67.2 Å². The van der Waals surface area contributed by atoms with E-state index in [1.165, 1.54) is 6.07 Å². The van der Waals surface area contributed by atoms with Gasteiger partial charge in [0.2, 0.25) is 0 Å². The Balaban J connectivity index is 1.78. The highest BCUT2D eigenvalue weighted by molar-refractivity contribution is 7.47. The van der Waals surface area contributed by atoms with E-state index in [0.29, 0.717) is 0 Å². The zero-order valence-corrected chi connectivity index (χ0v) is 21.1. The zero-order valence-electron chi connectivity index (χ0n) is 20.2. The maximum absolute atomic E-state index is 12.7. The molecular weight excluding hydrogens is 571 g/mol. The molecule has 22 heteroatoms. The van der Waals surface area contributed by atoms with Crippen LogP contribution in [0.15, 0.2) is 22.2 Å². The molecular formula is C18H27N6O15P. The molecule has 0 saturated carbocycles. The second-order valence-electron chi connectivity index (χ2n) is 8.79. The van der Waals surface area contributed by atoms with Crippen LogP contribution in [0.25, 0.3) is 10.4 Å². The summed E-state index contributed by atoms with van der Waals surface area (Å²) in [5.41, 5.74) is 13.2. The first kappa shape index (κ1) is 31.8. The van der Waals surface area contributed by atoms with Crippen LogP contribution in [0.3, 0.4) is 0 Å². The van der Waals surface area contributed by atoms with Gasteiger partial charge in [-0.2, -0.15) is 4.98 Å². The number of ether oxygens (including phenoxy) is 2. The second kappa shape index (κ2) is 12.4. The van der Waals surface area contributed by atoms with E-state index in [0.717, 1.165) is 10.8 Å². The maximum Gasteiger partial charge on any atom is 0.475 e. The van der Waals surface area contributed by atoms with Gasteiger partial charge in [0.25, 0.3) is 5.79 Å². The first-order valence-corrected chi connectivity index (χ1v) is 12.8. The molecule has 1 aromatic rings. The fraction of sp³-hybridized carbons (Fsp3) is 0.722. The van der Waals surface area contributed by atoms with Crippen molar-refractivity contribution in [3.63, 3.8) is 0 Å². The third-order valence-electron chi connectivity index (χ3n) is 6.09. The van der Waals surface area contributed by atoms with E-state index < -0.39 is 99.9 Å². The van der Waals surface area contributed by atoms with Gasteiger partial charge in [0.1, 0.15) is 36.3 Å². The summed E-state index contributed by atoms with van der Waals surface area (Å²) in [4.78, 5) is 40.3. The molecule has 21 nitrogen and oxygen atoms in total. The molecule has 11 atom stereocenters. The molecule has 1 aromatic heterocycles. The number of hydrogen-bond acceptors (Lipinski definition) is 16. The molecule has 10 N–H and O–H groups in total. The van der Waals surface area contributed by atoms with Crippen molar-refractivity contribution < 1.29 is 68.5 Å². The summed E-state index contributed by atoms with van der Waals surface area (Å²) in [6.45, 7) is -2.07. The van der Waals surface area contributed by atoms with E-state index in [-0.39, 0.29) is 5.82 Å². The van der Waals surface area contributed by atoms with E-state index in [4.69, 9.17) is 29.8 Å². The first-order chi connectivity index (χ1) is 18.7. The average Bonchev–Trinajstić information content (AvgIpc) is 3.16. The fourth-order valence-electron chi connectivity index (χ4n) is 4.09. The molecule has 2 aliphatic heterocycles. The summed E-state index contributed by atoms with van der Waals surface area (Å²) in [7, 11) is -5.52. The molecule has 2 fully saturated rings. The van der Waals surface area contributed by atoms with Gasteiger partial charge in [-0.3, -0.25) is 9.09 Å². The van der Waals surface area contributed by atoms with Gasteiger partial charge in [-0.25, -0.2) is 18.7 Å². The van der Waals surface area contributed by atoms with Crippen molar-refractivity contribution in [3.8, 4) is 0 Å². The van der Waals surface area contributed by atoms with Gasteiger partial charge in [0.05, 0.1) is 31.5 Å². The number of carboxylic acid groups (broad SMARTS) is 1. The number of aliphatic carboxylic acids is 1. The van der Waals surface area contributed by atoms with Gasteiger partial charge < -0.3 is 55.8 Å². The SMILES string of the molecule is [N-]=[N+]=NC(C1O[C@](OP(=O)(O)OC[C@H]2O[C@@H](n3ccc(N)nc3=O)[C@@H](O)[C@H]2O)(C(=O)O)CC(O)[C@H]1O)[C@H](O)CO. The molecule has 3 heterocycles. The molecule has 3 rings (SSSR count). The monoisotopic (exact) mass is 598 g/mol. The minimum absolute atomic E-state index is 0.138. The number of hydrogen-bond donors (Lipinski definition) is 9. The van der Waals surface area contributed by atoms with Crippen LogP contribution >= 0.6 is 7.82 Å². The molecule has 0 amide bonds. The van der Waals surface area contributed by atoms with Crippen LogP contribution in [0.2, 0.25) is 0 Å². The number of aliphatic hydroxyl groups excluding tert-OH is 6. The van der Waals surface area contributed by atoms with E-state index in [1.54, 1.807) is 0 Å². The Morgan fingerprint density at radius 3 is 2.60 bits per heavy atom. The lowest BCUT2D eigenvalue weighted by Gasteiger charge is -2.44. The number of aliphatic hydroxyl groups is 6. The van der Waals surface area contributed by atoms with Crippen molar-refractivity contribution in [1.82, 2.24) is 9.55 Å². The Hall–Kier alpha value is -2.75. The van der Waals surface area contributed by atoms with Crippen LogP contribution < -0.4 is 11.4 Å². The van der Waals surface area contributed by atoms with Crippen molar-refractivity contribution in [2.24, 2.45) is 5.11 Å². The van der Waals surface area contributed by atoms with E-state index in [1.807, 2.05) is 0 Å². The number of anilines is 1. The molecule has 4 unspecified atom stereocenters. The molecule has 0 radical (unpaired) electrons. The van der Waals surface area contributed by atoms with Crippen LogP contribution in [-0.4, -0.2) is 124 Å². The highest BCUT2D eigenvalue weighted by Gasteiger charge is 2.58. The van der Waals surface area contributed by atoms with Crippen molar-refractivity contribution in [1.29, 1.82) is 0 Å². The number of nitrogen functional groups attached to an aromatic ring is 1. The number of nitrogens with zero attached hydrogens (tertiary/aromatic N) is 5. The first-order valence-electron chi connectivity index (χ1n) is 11.3. The summed E-state index contributed by atoms with van der Waals surface area (Å²) >= 11 is 0. The average molecular weight is 598 g/mol. The topological polar surface area (TPSA) is 343 Å². The number of rotatable bonds is 11. The quantitative estimate of drug-likeness (QED) is 0.0505. The summed E-state index contributed by atoms with van der Waals surface area (Å²) in [6.07, 6.45) is -14.7. The number of carbonyl (C=O) groups is 1. The Labute approximate surface area is 222 Å². The fourth-order valence-corrected chi connectivity index (χ4v) is 5.04. The van der Waals surface area contributed by atoms with Crippen molar-refractivity contribution in [3.05, 3.63) is 33.2 Å². The molecule has 0 spiro atoms. The van der Waals surface area contributed by atoms with Crippen LogP contribution in [-0.2, 0) is 27.9 Å². The Morgan fingerprint density at radius 1 is 1.35 bits per heavy atom. The maximum atomic E-state index is 12.7. The third kappa shape index (κ3) is 6.58. The predicted molar refractivity (Wildman–Crippen MR) is 124 cm³/mol. The van der Waals surface area contributed by atoms with Crippen molar-refractivity contribution in [2.75, 3.05) is 18.9 Å². The normalized spacial score (nSPS) is 35.3. The summed E-state index contributed by atoms with van der Waals surface area (Å²) in [6, 6.07) is -0.697. The zero-order chi connectivity index (χ0) is 30.0.